The maximum atomic E-state index is 4.62. The van der Waals surface area contributed by atoms with Gasteiger partial charge in [-0.3, -0.25) is 4.90 Å². The summed E-state index contributed by atoms with van der Waals surface area (Å²) in [5, 5.41) is 14.6. The van der Waals surface area contributed by atoms with Crippen LogP contribution in [0.3, 0.4) is 0 Å². The van der Waals surface area contributed by atoms with Crippen LogP contribution >= 0.6 is 0 Å². The molecule has 1 N–H and O–H groups in total. The van der Waals surface area contributed by atoms with E-state index >= 15 is 0 Å². The first-order valence-corrected chi connectivity index (χ1v) is 10.1. The summed E-state index contributed by atoms with van der Waals surface area (Å²) >= 11 is 0. The van der Waals surface area contributed by atoms with E-state index in [0.29, 0.717) is 5.92 Å². The Labute approximate surface area is 163 Å². The SMILES string of the molecule is c1cc2cc(CN3CCN(c4cnn5c(C6CC6)nnc5c4)CC3)ccc2[nH]1. The van der Waals surface area contributed by atoms with Gasteiger partial charge in [0.25, 0.3) is 0 Å². The lowest BCUT2D eigenvalue weighted by Crippen LogP contribution is -2.46. The highest BCUT2D eigenvalue weighted by molar-refractivity contribution is 5.79. The molecule has 0 atom stereocenters. The zero-order chi connectivity index (χ0) is 18.5. The molecule has 4 aromatic rings. The molecule has 142 valence electrons. The van der Waals surface area contributed by atoms with Gasteiger partial charge in [-0.1, -0.05) is 6.07 Å². The molecular formula is C21H23N7. The number of hydrogen-bond donors (Lipinski definition) is 1. The number of benzene rings is 1. The maximum absolute atomic E-state index is 4.62. The molecule has 7 nitrogen and oxygen atoms in total. The Morgan fingerprint density at radius 1 is 1.00 bits per heavy atom. The van der Waals surface area contributed by atoms with Crippen LogP contribution in [0.2, 0.25) is 0 Å². The first-order chi connectivity index (χ1) is 13.8. The van der Waals surface area contributed by atoms with Crippen molar-refractivity contribution in [2.24, 2.45) is 0 Å². The van der Waals surface area contributed by atoms with Gasteiger partial charge < -0.3 is 9.88 Å². The Kier molecular flexibility index (Phi) is 3.62. The number of H-pyrrole nitrogens is 1. The fourth-order valence-electron chi connectivity index (χ4n) is 4.19. The van der Waals surface area contributed by atoms with Crippen molar-refractivity contribution in [3.8, 4) is 0 Å². The molecule has 2 fully saturated rings. The fraction of sp³-hybridized carbons (Fsp3) is 0.381. The van der Waals surface area contributed by atoms with E-state index in [0.717, 1.165) is 49.9 Å². The predicted molar refractivity (Wildman–Crippen MR) is 109 cm³/mol. The first kappa shape index (κ1) is 16.1. The minimum atomic E-state index is 0.558. The molecule has 1 saturated carbocycles. The van der Waals surface area contributed by atoms with E-state index in [-0.39, 0.29) is 0 Å². The van der Waals surface area contributed by atoms with Gasteiger partial charge in [0.1, 0.15) is 0 Å². The second-order valence-electron chi connectivity index (χ2n) is 7.98. The van der Waals surface area contributed by atoms with Crippen molar-refractivity contribution in [2.45, 2.75) is 25.3 Å². The van der Waals surface area contributed by atoms with Gasteiger partial charge in [-0.15, -0.1) is 10.2 Å². The third-order valence-corrected chi connectivity index (χ3v) is 5.98. The van der Waals surface area contributed by atoms with Crippen LogP contribution in [0.1, 0.15) is 30.1 Å². The molecule has 7 heteroatoms. The minimum absolute atomic E-state index is 0.558. The van der Waals surface area contributed by atoms with Crippen LogP contribution in [0, 0.1) is 0 Å². The summed E-state index contributed by atoms with van der Waals surface area (Å²) in [7, 11) is 0. The van der Waals surface area contributed by atoms with Gasteiger partial charge in [-0.05, 0) is 42.0 Å². The normalized spacial score (nSPS) is 18.4. The number of anilines is 1. The summed E-state index contributed by atoms with van der Waals surface area (Å²) in [6.45, 7) is 5.12. The molecular weight excluding hydrogens is 350 g/mol. The van der Waals surface area contributed by atoms with Gasteiger partial charge in [0, 0.05) is 56.4 Å². The number of rotatable bonds is 4. The lowest BCUT2D eigenvalue weighted by molar-refractivity contribution is 0.250. The highest BCUT2D eigenvalue weighted by Crippen LogP contribution is 2.38. The summed E-state index contributed by atoms with van der Waals surface area (Å²) in [5.74, 6) is 1.58. The van der Waals surface area contributed by atoms with Crippen LogP contribution in [-0.2, 0) is 6.54 Å². The van der Waals surface area contributed by atoms with Gasteiger partial charge in [0.05, 0.1) is 11.9 Å². The Hall–Kier alpha value is -2.93. The number of nitrogens with one attached hydrogen (secondary N) is 1. The lowest BCUT2D eigenvalue weighted by Gasteiger charge is -2.35. The molecule has 2 aliphatic rings. The van der Waals surface area contributed by atoms with E-state index in [1.807, 2.05) is 16.9 Å². The summed E-state index contributed by atoms with van der Waals surface area (Å²) in [4.78, 5) is 8.19. The van der Waals surface area contributed by atoms with Crippen molar-refractivity contribution in [3.63, 3.8) is 0 Å². The smallest absolute Gasteiger partial charge is 0.179 e. The van der Waals surface area contributed by atoms with E-state index in [2.05, 4.69) is 60.4 Å². The Balaban J connectivity index is 1.13. The molecule has 4 heterocycles. The number of piperazine rings is 1. The second-order valence-corrected chi connectivity index (χ2v) is 7.98. The monoisotopic (exact) mass is 373 g/mol. The molecule has 1 saturated heterocycles. The molecule has 0 amide bonds. The highest BCUT2D eigenvalue weighted by Gasteiger charge is 2.29. The molecule has 1 aliphatic heterocycles. The van der Waals surface area contributed by atoms with Crippen LogP contribution in [0.5, 0.6) is 0 Å². The van der Waals surface area contributed by atoms with E-state index in [1.54, 1.807) is 0 Å². The van der Waals surface area contributed by atoms with Crippen molar-refractivity contribution < 1.29 is 0 Å². The van der Waals surface area contributed by atoms with E-state index in [1.165, 1.54) is 29.3 Å². The van der Waals surface area contributed by atoms with Crippen LogP contribution in [0.4, 0.5) is 5.69 Å². The van der Waals surface area contributed by atoms with Crippen LogP contribution in [0.15, 0.2) is 42.7 Å². The lowest BCUT2D eigenvalue weighted by atomic mass is 10.1. The van der Waals surface area contributed by atoms with Crippen molar-refractivity contribution in [1.82, 2.24) is 29.7 Å². The molecule has 0 spiro atoms. The van der Waals surface area contributed by atoms with Crippen LogP contribution < -0.4 is 4.90 Å². The third kappa shape index (κ3) is 2.82. The maximum Gasteiger partial charge on any atom is 0.179 e. The van der Waals surface area contributed by atoms with E-state index < -0.39 is 0 Å². The minimum Gasteiger partial charge on any atom is -0.368 e. The Morgan fingerprint density at radius 2 is 1.89 bits per heavy atom. The van der Waals surface area contributed by atoms with Gasteiger partial charge in [-0.25, -0.2) is 0 Å². The fourth-order valence-corrected chi connectivity index (χ4v) is 4.19. The summed E-state index contributed by atoms with van der Waals surface area (Å²) < 4.78 is 1.91. The number of hydrogen-bond acceptors (Lipinski definition) is 5. The molecule has 0 bridgehead atoms. The standard InChI is InChI=1S/C21H23N7/c1-4-19-17(5-6-22-19)11-15(1)14-26-7-9-27(10-8-26)18-12-20-24-25-21(16-2-3-16)28(20)23-13-18/h1,4-6,11-13,16,22H,2-3,7-10,14H2. The van der Waals surface area contributed by atoms with Gasteiger partial charge in [0.2, 0.25) is 0 Å². The molecule has 6 rings (SSSR count). The van der Waals surface area contributed by atoms with Gasteiger partial charge >= 0.3 is 0 Å². The van der Waals surface area contributed by atoms with Gasteiger partial charge in [-0.2, -0.15) is 9.61 Å². The number of fused-ring (bicyclic) bond motifs is 2. The van der Waals surface area contributed by atoms with Crippen molar-refractivity contribution >= 4 is 22.2 Å². The molecule has 1 aliphatic carbocycles. The van der Waals surface area contributed by atoms with Crippen LogP contribution in [0.25, 0.3) is 16.6 Å². The average molecular weight is 373 g/mol. The molecule has 0 unspecified atom stereocenters. The zero-order valence-corrected chi connectivity index (χ0v) is 15.8. The third-order valence-electron chi connectivity index (χ3n) is 5.98. The molecule has 28 heavy (non-hydrogen) atoms. The largest absolute Gasteiger partial charge is 0.368 e. The predicted octanol–water partition coefficient (Wildman–Crippen LogP) is 2.81. The Bertz CT molecular complexity index is 1130. The van der Waals surface area contributed by atoms with Crippen molar-refractivity contribution in [2.75, 3.05) is 31.1 Å². The average Bonchev–Trinajstić information content (AvgIpc) is 3.31. The number of aromatic amines is 1. The van der Waals surface area contributed by atoms with E-state index in [9.17, 15) is 0 Å². The first-order valence-electron chi connectivity index (χ1n) is 10.1. The Morgan fingerprint density at radius 3 is 2.75 bits per heavy atom. The summed E-state index contributed by atoms with van der Waals surface area (Å²) in [5.41, 5.74) is 4.59. The number of nitrogens with zero attached hydrogens (tertiary/aromatic N) is 6. The molecule has 0 radical (unpaired) electrons. The van der Waals surface area contributed by atoms with Crippen molar-refractivity contribution in [1.29, 1.82) is 0 Å². The quantitative estimate of drug-likeness (QED) is 0.596. The molecule has 3 aromatic heterocycles. The summed E-state index contributed by atoms with van der Waals surface area (Å²) in [6.07, 6.45) is 6.39. The highest BCUT2D eigenvalue weighted by atomic mass is 15.4. The zero-order valence-electron chi connectivity index (χ0n) is 15.8. The molecule has 1 aromatic carbocycles. The number of aromatic nitrogens is 5. The van der Waals surface area contributed by atoms with Gasteiger partial charge in [0.15, 0.2) is 11.5 Å². The van der Waals surface area contributed by atoms with Crippen molar-refractivity contribution in [3.05, 3.63) is 54.1 Å². The second kappa shape index (κ2) is 6.31. The van der Waals surface area contributed by atoms with E-state index in [4.69, 9.17) is 0 Å². The van der Waals surface area contributed by atoms with Crippen LogP contribution in [-0.4, -0.2) is 55.9 Å². The topological polar surface area (TPSA) is 65.3 Å². The summed E-state index contributed by atoms with van der Waals surface area (Å²) in [6, 6.07) is 11.0.